The van der Waals surface area contributed by atoms with E-state index in [4.69, 9.17) is 9.15 Å². The van der Waals surface area contributed by atoms with Gasteiger partial charge in [0.05, 0.1) is 17.6 Å². The van der Waals surface area contributed by atoms with Gasteiger partial charge in [-0.15, -0.1) is 10.2 Å². The lowest BCUT2D eigenvalue weighted by Gasteiger charge is -2.22. The van der Waals surface area contributed by atoms with Gasteiger partial charge in [0.2, 0.25) is 11.8 Å². The van der Waals surface area contributed by atoms with Crippen LogP contribution >= 0.6 is 0 Å². The molecule has 0 radical (unpaired) electrons. The minimum atomic E-state index is -0.516. The van der Waals surface area contributed by atoms with Crippen LogP contribution in [0.5, 0.6) is 0 Å². The SMILES string of the molecule is Cc1nnc(CNC(=O)n2c(=O)n(CC3CCOCC3)c3ccccc32)o1. The average Bonchev–Trinajstić information content (AvgIpc) is 3.22. The Hall–Kier alpha value is -2.94. The fourth-order valence-electron chi connectivity index (χ4n) is 3.41. The molecule has 0 atom stereocenters. The van der Waals surface area contributed by atoms with E-state index in [0.717, 1.165) is 22.9 Å². The van der Waals surface area contributed by atoms with Crippen LogP contribution in [-0.2, 0) is 17.8 Å². The summed E-state index contributed by atoms with van der Waals surface area (Å²) < 4.78 is 13.5. The van der Waals surface area contributed by atoms with Crippen molar-refractivity contribution in [3.05, 3.63) is 46.5 Å². The number of para-hydroxylation sites is 2. The molecular formula is C18H21N5O4. The van der Waals surface area contributed by atoms with E-state index >= 15 is 0 Å². The number of nitrogens with one attached hydrogen (secondary N) is 1. The Labute approximate surface area is 154 Å². The zero-order valence-electron chi connectivity index (χ0n) is 15.1. The Morgan fingerprint density at radius 1 is 1.22 bits per heavy atom. The molecule has 2 aromatic heterocycles. The molecule has 1 saturated heterocycles. The molecule has 0 bridgehead atoms. The second-order valence-corrected chi connectivity index (χ2v) is 6.65. The van der Waals surface area contributed by atoms with Gasteiger partial charge in [-0.25, -0.2) is 14.2 Å². The van der Waals surface area contributed by atoms with Crippen molar-refractivity contribution in [1.82, 2.24) is 24.6 Å². The van der Waals surface area contributed by atoms with E-state index in [1.807, 2.05) is 18.2 Å². The molecule has 4 rings (SSSR count). The minimum Gasteiger partial charge on any atom is -0.424 e. The fourth-order valence-corrected chi connectivity index (χ4v) is 3.41. The number of rotatable bonds is 4. The van der Waals surface area contributed by atoms with E-state index in [0.29, 0.717) is 43.0 Å². The third kappa shape index (κ3) is 3.50. The number of hydrogen-bond donors (Lipinski definition) is 1. The van der Waals surface area contributed by atoms with E-state index < -0.39 is 6.03 Å². The Kier molecular flexibility index (Phi) is 4.76. The highest BCUT2D eigenvalue weighted by molar-refractivity contribution is 5.89. The lowest BCUT2D eigenvalue weighted by atomic mass is 10.0. The molecule has 0 aliphatic carbocycles. The lowest BCUT2D eigenvalue weighted by Crippen LogP contribution is -2.37. The van der Waals surface area contributed by atoms with Gasteiger partial charge in [0.25, 0.3) is 0 Å². The highest BCUT2D eigenvalue weighted by Crippen LogP contribution is 2.20. The molecule has 0 saturated carbocycles. The molecule has 0 spiro atoms. The largest absolute Gasteiger partial charge is 0.424 e. The van der Waals surface area contributed by atoms with Crippen molar-refractivity contribution in [2.24, 2.45) is 5.92 Å². The first kappa shape index (κ1) is 17.5. The Morgan fingerprint density at radius 2 is 1.96 bits per heavy atom. The normalized spacial score (nSPS) is 15.3. The standard InChI is InChI=1S/C18H21N5O4/c1-12-20-21-16(27-12)10-19-17(24)23-15-5-3-2-4-14(15)22(18(23)25)11-13-6-8-26-9-7-13/h2-5,13H,6-11H2,1H3,(H,19,24). The summed E-state index contributed by atoms with van der Waals surface area (Å²) in [5, 5.41) is 10.2. The summed E-state index contributed by atoms with van der Waals surface area (Å²) in [7, 11) is 0. The van der Waals surface area contributed by atoms with Crippen LogP contribution in [0.2, 0.25) is 0 Å². The molecule has 1 N–H and O–H groups in total. The van der Waals surface area contributed by atoms with Gasteiger partial charge in [-0.2, -0.15) is 0 Å². The topological polar surface area (TPSA) is 104 Å². The molecule has 3 heterocycles. The summed E-state index contributed by atoms with van der Waals surface area (Å²) >= 11 is 0. The number of ether oxygens (including phenoxy) is 1. The first-order chi connectivity index (χ1) is 13.1. The van der Waals surface area contributed by atoms with Crippen LogP contribution in [0.4, 0.5) is 4.79 Å². The predicted molar refractivity (Wildman–Crippen MR) is 96.4 cm³/mol. The predicted octanol–water partition coefficient (Wildman–Crippen LogP) is 1.68. The molecule has 9 nitrogen and oxygen atoms in total. The highest BCUT2D eigenvalue weighted by Gasteiger charge is 2.22. The maximum atomic E-state index is 13.0. The maximum absolute atomic E-state index is 13.0. The molecule has 1 aromatic carbocycles. The number of carbonyl (C=O) groups excluding carboxylic acids is 1. The Morgan fingerprint density at radius 3 is 2.67 bits per heavy atom. The molecular weight excluding hydrogens is 350 g/mol. The zero-order chi connectivity index (χ0) is 18.8. The number of imidazole rings is 1. The van der Waals surface area contributed by atoms with Gasteiger partial charge in [0.15, 0.2) is 0 Å². The molecule has 3 aromatic rings. The second kappa shape index (κ2) is 7.36. The van der Waals surface area contributed by atoms with Gasteiger partial charge in [0, 0.05) is 26.7 Å². The van der Waals surface area contributed by atoms with Crippen molar-refractivity contribution < 1.29 is 13.9 Å². The Balaban J connectivity index is 1.62. The van der Waals surface area contributed by atoms with Crippen LogP contribution in [0.1, 0.15) is 24.6 Å². The highest BCUT2D eigenvalue weighted by atomic mass is 16.5. The van der Waals surface area contributed by atoms with Crippen LogP contribution in [-0.4, -0.2) is 38.6 Å². The van der Waals surface area contributed by atoms with E-state index in [2.05, 4.69) is 15.5 Å². The van der Waals surface area contributed by atoms with Crippen molar-refractivity contribution >= 4 is 17.1 Å². The molecule has 1 amide bonds. The number of carbonyl (C=O) groups is 1. The van der Waals surface area contributed by atoms with Gasteiger partial charge < -0.3 is 14.5 Å². The first-order valence-corrected chi connectivity index (χ1v) is 8.98. The average molecular weight is 371 g/mol. The second-order valence-electron chi connectivity index (χ2n) is 6.65. The van der Waals surface area contributed by atoms with Crippen molar-refractivity contribution in [3.63, 3.8) is 0 Å². The fraction of sp³-hybridized carbons (Fsp3) is 0.444. The third-order valence-corrected chi connectivity index (χ3v) is 4.78. The quantitative estimate of drug-likeness (QED) is 0.748. The number of hydrogen-bond acceptors (Lipinski definition) is 6. The first-order valence-electron chi connectivity index (χ1n) is 8.98. The van der Waals surface area contributed by atoms with E-state index in [-0.39, 0.29) is 12.2 Å². The lowest BCUT2D eigenvalue weighted by molar-refractivity contribution is 0.0613. The minimum absolute atomic E-state index is 0.0611. The van der Waals surface area contributed by atoms with Crippen LogP contribution < -0.4 is 11.0 Å². The van der Waals surface area contributed by atoms with Crippen molar-refractivity contribution in [2.45, 2.75) is 32.9 Å². The monoisotopic (exact) mass is 371 g/mol. The summed E-state index contributed by atoms with van der Waals surface area (Å²) in [5.74, 6) is 1.07. The Bertz CT molecular complexity index is 1010. The summed E-state index contributed by atoms with van der Waals surface area (Å²) in [6, 6.07) is 6.80. The summed E-state index contributed by atoms with van der Waals surface area (Å²) in [4.78, 5) is 25.7. The molecule has 142 valence electrons. The van der Waals surface area contributed by atoms with Gasteiger partial charge in [-0.1, -0.05) is 12.1 Å². The number of amides is 1. The van der Waals surface area contributed by atoms with E-state index in [1.165, 1.54) is 0 Å². The summed E-state index contributed by atoms with van der Waals surface area (Å²) in [6.45, 7) is 3.73. The van der Waals surface area contributed by atoms with Crippen LogP contribution in [0.3, 0.4) is 0 Å². The number of fused-ring (bicyclic) bond motifs is 1. The molecule has 1 fully saturated rings. The van der Waals surface area contributed by atoms with Crippen LogP contribution in [0.15, 0.2) is 33.5 Å². The molecule has 0 unspecified atom stereocenters. The molecule has 1 aliphatic heterocycles. The summed E-state index contributed by atoms with van der Waals surface area (Å²) in [6.07, 6.45) is 1.82. The van der Waals surface area contributed by atoms with Gasteiger partial charge in [-0.05, 0) is 30.9 Å². The van der Waals surface area contributed by atoms with Gasteiger partial charge in [-0.3, -0.25) is 4.57 Å². The summed E-state index contributed by atoms with van der Waals surface area (Å²) in [5.41, 5.74) is 0.980. The van der Waals surface area contributed by atoms with Gasteiger partial charge >= 0.3 is 11.7 Å². The van der Waals surface area contributed by atoms with Crippen LogP contribution in [0, 0.1) is 12.8 Å². The molecule has 27 heavy (non-hydrogen) atoms. The number of benzene rings is 1. The van der Waals surface area contributed by atoms with E-state index in [1.54, 1.807) is 17.6 Å². The number of aryl methyl sites for hydroxylation is 1. The van der Waals surface area contributed by atoms with Crippen molar-refractivity contribution in [2.75, 3.05) is 13.2 Å². The number of nitrogens with zero attached hydrogens (tertiary/aromatic N) is 4. The molecule has 9 heteroatoms. The zero-order valence-corrected chi connectivity index (χ0v) is 15.1. The maximum Gasteiger partial charge on any atom is 0.337 e. The van der Waals surface area contributed by atoms with Gasteiger partial charge in [0.1, 0.15) is 0 Å². The van der Waals surface area contributed by atoms with E-state index in [9.17, 15) is 9.59 Å². The smallest absolute Gasteiger partial charge is 0.337 e. The van der Waals surface area contributed by atoms with Crippen molar-refractivity contribution in [1.29, 1.82) is 0 Å². The third-order valence-electron chi connectivity index (χ3n) is 4.78. The van der Waals surface area contributed by atoms with Crippen LogP contribution in [0.25, 0.3) is 11.0 Å². The number of aromatic nitrogens is 4. The molecule has 1 aliphatic rings. The van der Waals surface area contributed by atoms with Crippen molar-refractivity contribution in [3.8, 4) is 0 Å².